The van der Waals surface area contributed by atoms with Gasteiger partial charge in [-0.05, 0) is 41.1 Å². The van der Waals surface area contributed by atoms with Crippen LogP contribution in [0.15, 0.2) is 12.1 Å². The van der Waals surface area contributed by atoms with Crippen LogP contribution < -0.4 is 4.74 Å². The number of esters is 1. The predicted octanol–water partition coefficient (Wildman–Crippen LogP) is 3.52. The smallest absolute Gasteiger partial charge is 0.341 e. The summed E-state index contributed by atoms with van der Waals surface area (Å²) in [7, 11) is 1.51. The first-order chi connectivity index (χ1) is 7.60. The molecule has 5 heteroatoms. The van der Waals surface area contributed by atoms with Crippen LogP contribution in [-0.4, -0.2) is 19.7 Å². The second-order valence-corrected chi connectivity index (χ2v) is 4.67. The standard InChI is InChI=1S/C11H12ClIO3/c1-3-4-16-11(14)7-5-8(12)9(13)6-10(7)15-2/h5-6H,3-4H2,1-2H3. The molecule has 0 spiro atoms. The lowest BCUT2D eigenvalue weighted by molar-refractivity contribution is 0.0501. The average molecular weight is 355 g/mol. The minimum Gasteiger partial charge on any atom is -0.496 e. The van der Waals surface area contributed by atoms with E-state index in [1.165, 1.54) is 7.11 Å². The lowest BCUT2D eigenvalue weighted by Gasteiger charge is -2.09. The number of hydrogen-bond acceptors (Lipinski definition) is 3. The lowest BCUT2D eigenvalue weighted by atomic mass is 10.2. The molecule has 1 rings (SSSR count). The summed E-state index contributed by atoms with van der Waals surface area (Å²) in [6.45, 7) is 2.33. The Morgan fingerprint density at radius 1 is 1.50 bits per heavy atom. The van der Waals surface area contributed by atoms with E-state index in [2.05, 4.69) is 22.6 Å². The second kappa shape index (κ2) is 6.30. The van der Waals surface area contributed by atoms with Crippen LogP contribution in [0.3, 0.4) is 0 Å². The molecular formula is C11H12ClIO3. The van der Waals surface area contributed by atoms with Crippen LogP contribution in [0, 0.1) is 3.57 Å². The topological polar surface area (TPSA) is 35.5 Å². The molecule has 0 saturated heterocycles. The molecule has 0 atom stereocenters. The van der Waals surface area contributed by atoms with Crippen molar-refractivity contribution in [2.45, 2.75) is 13.3 Å². The van der Waals surface area contributed by atoms with Gasteiger partial charge in [-0.1, -0.05) is 18.5 Å². The van der Waals surface area contributed by atoms with Gasteiger partial charge in [0.1, 0.15) is 11.3 Å². The molecule has 0 aliphatic heterocycles. The Labute approximate surface area is 113 Å². The van der Waals surface area contributed by atoms with Crippen LogP contribution in [0.25, 0.3) is 0 Å². The Balaban J connectivity index is 3.02. The van der Waals surface area contributed by atoms with E-state index in [0.717, 1.165) is 9.99 Å². The van der Waals surface area contributed by atoms with Gasteiger partial charge in [-0.2, -0.15) is 0 Å². The molecule has 0 unspecified atom stereocenters. The Kier molecular flexibility index (Phi) is 5.34. The van der Waals surface area contributed by atoms with Crippen LogP contribution in [0.1, 0.15) is 23.7 Å². The van der Waals surface area contributed by atoms with Gasteiger partial charge in [-0.25, -0.2) is 4.79 Å². The third-order valence-corrected chi connectivity index (χ3v) is 3.42. The number of halogens is 2. The van der Waals surface area contributed by atoms with Crippen molar-refractivity contribution in [2.75, 3.05) is 13.7 Å². The number of methoxy groups -OCH3 is 1. The molecule has 0 bridgehead atoms. The molecule has 0 radical (unpaired) electrons. The van der Waals surface area contributed by atoms with E-state index in [4.69, 9.17) is 21.1 Å². The molecule has 0 aromatic heterocycles. The molecule has 3 nitrogen and oxygen atoms in total. The van der Waals surface area contributed by atoms with Gasteiger partial charge in [-0.3, -0.25) is 0 Å². The quantitative estimate of drug-likeness (QED) is 0.613. The molecule has 0 aliphatic carbocycles. The largest absolute Gasteiger partial charge is 0.496 e. The number of ether oxygens (including phenoxy) is 2. The molecule has 16 heavy (non-hydrogen) atoms. The van der Waals surface area contributed by atoms with Crippen LogP contribution in [0.5, 0.6) is 5.75 Å². The Morgan fingerprint density at radius 2 is 2.19 bits per heavy atom. The molecule has 0 N–H and O–H groups in total. The summed E-state index contributed by atoms with van der Waals surface area (Å²) in [4.78, 5) is 11.7. The second-order valence-electron chi connectivity index (χ2n) is 3.10. The zero-order valence-electron chi connectivity index (χ0n) is 9.05. The fourth-order valence-corrected chi connectivity index (χ4v) is 1.73. The van der Waals surface area contributed by atoms with E-state index in [0.29, 0.717) is 22.9 Å². The minimum atomic E-state index is -0.406. The fourth-order valence-electron chi connectivity index (χ4n) is 1.13. The Morgan fingerprint density at radius 3 is 2.75 bits per heavy atom. The molecule has 0 amide bonds. The van der Waals surface area contributed by atoms with E-state index in [9.17, 15) is 4.79 Å². The molecule has 0 heterocycles. The number of carbonyl (C=O) groups is 1. The van der Waals surface area contributed by atoms with E-state index >= 15 is 0 Å². The van der Waals surface area contributed by atoms with E-state index in [-0.39, 0.29) is 0 Å². The first-order valence-corrected chi connectivity index (χ1v) is 6.26. The van der Waals surface area contributed by atoms with Crippen LogP contribution >= 0.6 is 34.2 Å². The lowest BCUT2D eigenvalue weighted by Crippen LogP contribution is -2.08. The molecule has 0 aliphatic rings. The van der Waals surface area contributed by atoms with Gasteiger partial charge in [0.2, 0.25) is 0 Å². The first kappa shape index (κ1) is 13.6. The number of benzene rings is 1. The van der Waals surface area contributed by atoms with Gasteiger partial charge in [0, 0.05) is 3.57 Å². The highest BCUT2D eigenvalue weighted by Gasteiger charge is 2.16. The molecular weight excluding hydrogens is 342 g/mol. The summed E-state index contributed by atoms with van der Waals surface area (Å²) in [6, 6.07) is 3.28. The maximum absolute atomic E-state index is 11.7. The molecule has 88 valence electrons. The van der Waals surface area contributed by atoms with E-state index in [1.807, 2.05) is 6.92 Å². The maximum Gasteiger partial charge on any atom is 0.341 e. The molecule has 0 fully saturated rings. The van der Waals surface area contributed by atoms with Crippen molar-refractivity contribution in [3.8, 4) is 5.75 Å². The third kappa shape index (κ3) is 3.25. The average Bonchev–Trinajstić information content (AvgIpc) is 2.28. The van der Waals surface area contributed by atoms with Crippen molar-refractivity contribution in [1.82, 2.24) is 0 Å². The van der Waals surface area contributed by atoms with Gasteiger partial charge < -0.3 is 9.47 Å². The summed E-state index contributed by atoms with van der Waals surface area (Å²) in [5, 5.41) is 0.518. The van der Waals surface area contributed by atoms with Crippen LogP contribution in [-0.2, 0) is 4.74 Å². The summed E-state index contributed by atoms with van der Waals surface area (Å²) in [6.07, 6.45) is 0.784. The van der Waals surface area contributed by atoms with Gasteiger partial charge >= 0.3 is 5.97 Å². The summed E-state index contributed by atoms with van der Waals surface area (Å²) in [5.41, 5.74) is 0.362. The number of rotatable bonds is 4. The zero-order valence-corrected chi connectivity index (χ0v) is 12.0. The van der Waals surface area contributed by atoms with Crippen molar-refractivity contribution < 1.29 is 14.3 Å². The molecule has 1 aromatic rings. The van der Waals surface area contributed by atoms with Gasteiger partial charge in [-0.15, -0.1) is 0 Å². The minimum absolute atomic E-state index is 0.362. The predicted molar refractivity (Wildman–Crippen MR) is 71.3 cm³/mol. The number of hydrogen-bond donors (Lipinski definition) is 0. The summed E-state index contributed by atoms with van der Waals surface area (Å²) < 4.78 is 11.0. The summed E-state index contributed by atoms with van der Waals surface area (Å²) in [5.74, 6) is 0.0758. The highest BCUT2D eigenvalue weighted by atomic mass is 127. The van der Waals surface area contributed by atoms with E-state index < -0.39 is 5.97 Å². The van der Waals surface area contributed by atoms with Crippen molar-refractivity contribution in [3.63, 3.8) is 0 Å². The van der Waals surface area contributed by atoms with Crippen molar-refractivity contribution >= 4 is 40.2 Å². The van der Waals surface area contributed by atoms with Gasteiger partial charge in [0.15, 0.2) is 0 Å². The van der Waals surface area contributed by atoms with E-state index in [1.54, 1.807) is 12.1 Å². The summed E-state index contributed by atoms with van der Waals surface area (Å²) >= 11 is 8.03. The van der Waals surface area contributed by atoms with Crippen molar-refractivity contribution in [2.24, 2.45) is 0 Å². The van der Waals surface area contributed by atoms with Crippen LogP contribution in [0.2, 0.25) is 5.02 Å². The zero-order chi connectivity index (χ0) is 12.1. The van der Waals surface area contributed by atoms with Crippen LogP contribution in [0.4, 0.5) is 0 Å². The highest BCUT2D eigenvalue weighted by Crippen LogP contribution is 2.28. The monoisotopic (exact) mass is 354 g/mol. The molecule has 0 saturated carbocycles. The van der Waals surface area contributed by atoms with Gasteiger partial charge in [0.05, 0.1) is 18.7 Å². The Hall–Kier alpha value is -0.490. The van der Waals surface area contributed by atoms with Crippen molar-refractivity contribution in [3.05, 3.63) is 26.3 Å². The SMILES string of the molecule is CCCOC(=O)c1cc(Cl)c(I)cc1OC. The highest BCUT2D eigenvalue weighted by molar-refractivity contribution is 14.1. The Bertz CT molecular complexity index is 393. The molecule has 1 aromatic carbocycles. The number of carbonyl (C=O) groups excluding carboxylic acids is 1. The van der Waals surface area contributed by atoms with Crippen molar-refractivity contribution in [1.29, 1.82) is 0 Å². The third-order valence-electron chi connectivity index (χ3n) is 1.90. The van der Waals surface area contributed by atoms with Gasteiger partial charge in [0.25, 0.3) is 0 Å². The fraction of sp³-hybridized carbons (Fsp3) is 0.364. The maximum atomic E-state index is 11.7. The normalized spacial score (nSPS) is 10.0. The first-order valence-electron chi connectivity index (χ1n) is 4.80.